The molecule has 0 aliphatic rings. The summed E-state index contributed by atoms with van der Waals surface area (Å²) in [5.74, 6) is 2.32. The first-order valence-corrected chi connectivity index (χ1v) is 19.9. The van der Waals surface area contributed by atoms with Crippen LogP contribution in [-0.2, 0) is 9.84 Å². The van der Waals surface area contributed by atoms with Gasteiger partial charge in [0.1, 0.15) is 23.1 Å². The number of anilines is 4. The Bertz CT molecular complexity index is 2810. The molecule has 4 aromatic carbocycles. The minimum Gasteiger partial charge on any atom is -0.456 e. The highest BCUT2D eigenvalue weighted by Gasteiger charge is 2.16. The number of sulfone groups is 1. The quantitative estimate of drug-likeness (QED) is 0.146. The van der Waals surface area contributed by atoms with Crippen molar-refractivity contribution in [2.24, 2.45) is 0 Å². The molecule has 2 N–H and O–H groups in total. The molecule has 0 spiro atoms. The summed E-state index contributed by atoms with van der Waals surface area (Å²) in [7, 11) is -3.33. The third-order valence-electron chi connectivity index (χ3n) is 8.39. The normalized spacial score (nSPS) is 11.6. The van der Waals surface area contributed by atoms with Gasteiger partial charge in [-0.2, -0.15) is 19.2 Å². The van der Waals surface area contributed by atoms with E-state index in [4.69, 9.17) is 26.3 Å². The molecule has 15 heteroatoms. The monoisotopic (exact) mass is 868 g/mol. The van der Waals surface area contributed by atoms with E-state index in [1.807, 2.05) is 60.7 Å². The molecule has 4 heterocycles. The number of nitrogens with zero attached hydrogens (tertiary/aromatic N) is 6. The van der Waals surface area contributed by atoms with E-state index in [2.05, 4.69) is 71.7 Å². The molecule has 11 nitrogen and oxygen atoms in total. The number of aromatic nitrogens is 6. The number of fused-ring (bicyclic) bond motifs is 2. The topological polar surface area (TPSA) is 128 Å². The summed E-state index contributed by atoms with van der Waals surface area (Å²) in [6, 6.07) is 31.5. The number of hydrogen-bond acceptors (Lipinski definition) is 9. The first-order chi connectivity index (χ1) is 25.5. The summed E-state index contributed by atoms with van der Waals surface area (Å²) >= 11 is 13.8. The average molecular weight is 871 g/mol. The summed E-state index contributed by atoms with van der Waals surface area (Å²) in [5.41, 5.74) is 7.03. The second-order valence-electron chi connectivity index (χ2n) is 12.1. The van der Waals surface area contributed by atoms with Crippen LogP contribution in [0.25, 0.3) is 33.8 Å². The molecule has 0 aliphatic heterocycles. The van der Waals surface area contributed by atoms with Gasteiger partial charge in [-0.1, -0.05) is 48.0 Å². The first kappa shape index (κ1) is 34.8. The van der Waals surface area contributed by atoms with Gasteiger partial charge in [-0.25, -0.2) is 18.4 Å². The van der Waals surface area contributed by atoms with Crippen molar-refractivity contribution in [1.29, 1.82) is 0 Å². The minimum atomic E-state index is -3.33. The maximum absolute atomic E-state index is 12.0. The minimum absolute atomic E-state index is 0.230. The van der Waals surface area contributed by atoms with Crippen LogP contribution in [0.3, 0.4) is 0 Å². The van der Waals surface area contributed by atoms with Crippen molar-refractivity contribution in [3.05, 3.63) is 135 Å². The Morgan fingerprint density at radius 3 is 2.04 bits per heavy atom. The molecular formula is C38H27Br2ClN8O3S. The zero-order chi connectivity index (χ0) is 36.9. The molecule has 0 radical (unpaired) electrons. The predicted molar refractivity (Wildman–Crippen MR) is 215 cm³/mol. The van der Waals surface area contributed by atoms with Gasteiger partial charge in [-0.3, -0.25) is 0 Å². The third-order valence-corrected chi connectivity index (χ3v) is 11.0. The van der Waals surface area contributed by atoms with Crippen molar-refractivity contribution >= 4 is 87.6 Å². The molecule has 0 amide bonds. The summed E-state index contributed by atoms with van der Waals surface area (Å²) < 4.78 is 35.2. The molecule has 0 aliphatic carbocycles. The van der Waals surface area contributed by atoms with E-state index in [9.17, 15) is 8.42 Å². The van der Waals surface area contributed by atoms with Crippen LogP contribution in [0.5, 0.6) is 11.5 Å². The molecule has 0 atom stereocenters. The summed E-state index contributed by atoms with van der Waals surface area (Å²) in [4.78, 5) is 9.97. The van der Waals surface area contributed by atoms with Crippen molar-refractivity contribution in [3.63, 3.8) is 0 Å². The maximum atomic E-state index is 12.0. The van der Waals surface area contributed by atoms with Crippen LogP contribution in [0.15, 0.2) is 129 Å². The van der Waals surface area contributed by atoms with Crippen LogP contribution >= 0.6 is 43.5 Å². The number of benzene rings is 4. The number of nitrogens with one attached hydrogen (secondary N) is 2. The molecule has 8 rings (SSSR count). The molecule has 53 heavy (non-hydrogen) atoms. The molecule has 0 saturated heterocycles. The lowest BCUT2D eigenvalue weighted by molar-refractivity contribution is 0.483. The van der Waals surface area contributed by atoms with Crippen molar-refractivity contribution in [1.82, 2.24) is 29.2 Å². The fraction of sp³-hybridized carbons (Fsp3) is 0.0526. The van der Waals surface area contributed by atoms with E-state index in [0.29, 0.717) is 49.5 Å². The van der Waals surface area contributed by atoms with Crippen LogP contribution in [0.2, 0.25) is 5.02 Å². The Hall–Kier alpha value is -5.28. The molecule has 0 fully saturated rings. The highest BCUT2D eigenvalue weighted by Crippen LogP contribution is 2.37. The smallest absolute Gasteiger partial charge is 0.175 e. The Morgan fingerprint density at radius 2 is 1.36 bits per heavy atom. The van der Waals surface area contributed by atoms with E-state index < -0.39 is 9.84 Å². The predicted octanol–water partition coefficient (Wildman–Crippen LogP) is 10.3. The van der Waals surface area contributed by atoms with Crippen LogP contribution < -0.4 is 15.4 Å². The third kappa shape index (κ3) is 7.10. The number of aryl methyl sites for hydroxylation is 1. The van der Waals surface area contributed by atoms with Crippen molar-refractivity contribution in [2.75, 3.05) is 16.9 Å². The second kappa shape index (κ2) is 13.9. The Labute approximate surface area is 325 Å². The Morgan fingerprint density at radius 1 is 0.717 bits per heavy atom. The largest absolute Gasteiger partial charge is 0.456 e. The molecule has 8 aromatic rings. The van der Waals surface area contributed by atoms with Crippen molar-refractivity contribution < 1.29 is 13.2 Å². The molecule has 0 bridgehead atoms. The lowest BCUT2D eigenvalue weighted by Crippen LogP contribution is -2.03. The Balaban J connectivity index is 1.10. The van der Waals surface area contributed by atoms with Crippen molar-refractivity contribution in [3.8, 4) is 34.0 Å². The second-order valence-corrected chi connectivity index (χ2v) is 16.3. The number of rotatable bonds is 9. The van der Waals surface area contributed by atoms with Gasteiger partial charge < -0.3 is 15.4 Å². The van der Waals surface area contributed by atoms with Crippen LogP contribution in [0.4, 0.5) is 23.0 Å². The zero-order valence-electron chi connectivity index (χ0n) is 27.9. The van der Waals surface area contributed by atoms with Gasteiger partial charge in [0.15, 0.2) is 21.1 Å². The number of ether oxygens (including phenoxy) is 1. The average Bonchev–Trinajstić information content (AvgIpc) is 3.71. The van der Waals surface area contributed by atoms with E-state index in [0.717, 1.165) is 38.4 Å². The highest BCUT2D eigenvalue weighted by atomic mass is 79.9. The van der Waals surface area contributed by atoms with E-state index in [-0.39, 0.29) is 4.90 Å². The van der Waals surface area contributed by atoms with Crippen LogP contribution in [-0.4, -0.2) is 43.9 Å². The van der Waals surface area contributed by atoms with Crippen molar-refractivity contribution in [2.45, 2.75) is 11.8 Å². The summed E-state index contributed by atoms with van der Waals surface area (Å²) in [6.45, 7) is 2.06. The van der Waals surface area contributed by atoms with Gasteiger partial charge in [0.05, 0.1) is 42.6 Å². The Kier molecular flexibility index (Phi) is 9.15. The molecule has 0 saturated carbocycles. The van der Waals surface area contributed by atoms with E-state index in [1.54, 1.807) is 51.8 Å². The standard InChI is InChI=1S/C38H27Br2ClN8O3S/c1-22-6-3-4-9-28(22)33-19-36(49-38(47-33)30(40)21-43-49)45-25-7-5-8-26(17-25)52-34-16-23(10-15-31(34)41)32-18-35(48-37(46-32)29(39)20-42-48)44-24-11-13-27(14-12-24)53(2,50)51/h3-21,44-45H,1-2H3. The van der Waals surface area contributed by atoms with Crippen LogP contribution in [0.1, 0.15) is 5.56 Å². The summed E-state index contributed by atoms with van der Waals surface area (Å²) in [6.07, 6.45) is 4.56. The van der Waals surface area contributed by atoms with E-state index in [1.165, 1.54) is 6.26 Å². The molecular weight excluding hydrogens is 844 g/mol. The van der Waals surface area contributed by atoms with Gasteiger partial charge in [0.25, 0.3) is 0 Å². The van der Waals surface area contributed by atoms with Gasteiger partial charge in [-0.15, -0.1) is 0 Å². The fourth-order valence-electron chi connectivity index (χ4n) is 5.78. The number of halogens is 3. The fourth-order valence-corrected chi connectivity index (χ4v) is 7.27. The van der Waals surface area contributed by atoms with Gasteiger partial charge in [0, 0.05) is 47.0 Å². The lowest BCUT2D eigenvalue weighted by Gasteiger charge is -2.14. The lowest BCUT2D eigenvalue weighted by atomic mass is 10.1. The van der Waals surface area contributed by atoms with Gasteiger partial charge >= 0.3 is 0 Å². The SMILES string of the molecule is Cc1ccccc1-c1cc(Nc2cccc(Oc3cc(-c4cc(Nc5ccc(S(C)(=O)=O)cc5)n5ncc(Br)c5n4)ccc3Cl)c2)n2ncc(Br)c2n1. The highest BCUT2D eigenvalue weighted by molar-refractivity contribution is 9.11. The number of hydrogen-bond donors (Lipinski definition) is 2. The first-order valence-electron chi connectivity index (χ1n) is 16.1. The summed E-state index contributed by atoms with van der Waals surface area (Å²) in [5, 5.41) is 16.2. The maximum Gasteiger partial charge on any atom is 0.175 e. The molecule has 4 aromatic heterocycles. The van der Waals surface area contributed by atoms with Gasteiger partial charge in [0.2, 0.25) is 0 Å². The van der Waals surface area contributed by atoms with Gasteiger partial charge in [-0.05, 0) is 92.9 Å². The molecule has 0 unspecified atom stereocenters. The zero-order valence-corrected chi connectivity index (χ0v) is 32.7. The van der Waals surface area contributed by atoms with Crippen LogP contribution in [0, 0.1) is 6.92 Å². The molecule has 264 valence electrons. The van der Waals surface area contributed by atoms with E-state index >= 15 is 0 Å².